The number of nitrogens with zero attached hydrogens (tertiary/aromatic N) is 1. The van der Waals surface area contributed by atoms with Crippen LogP contribution in [0.2, 0.25) is 0 Å². The summed E-state index contributed by atoms with van der Waals surface area (Å²) in [6, 6.07) is 6.51. The van der Waals surface area contributed by atoms with Crippen LogP contribution < -0.4 is 10.2 Å². The molecule has 0 fully saturated rings. The number of rotatable bonds is 6. The van der Waals surface area contributed by atoms with Crippen molar-refractivity contribution in [3.8, 4) is 0 Å². The van der Waals surface area contributed by atoms with E-state index < -0.39 is 5.97 Å². The van der Waals surface area contributed by atoms with E-state index >= 15 is 0 Å². The van der Waals surface area contributed by atoms with Crippen LogP contribution in [0.1, 0.15) is 24.2 Å². The van der Waals surface area contributed by atoms with Crippen molar-refractivity contribution in [2.75, 3.05) is 25.0 Å². The van der Waals surface area contributed by atoms with Gasteiger partial charge in [0.25, 0.3) is 0 Å². The third kappa shape index (κ3) is 3.79. The van der Waals surface area contributed by atoms with Gasteiger partial charge in [-0.15, -0.1) is 0 Å². The number of anilines is 1. The van der Waals surface area contributed by atoms with Crippen molar-refractivity contribution >= 4 is 17.6 Å². The zero-order valence-electron chi connectivity index (χ0n) is 11.5. The molecular weight excluding hydrogens is 244 g/mol. The lowest BCUT2D eigenvalue weighted by molar-refractivity contribution is -0.121. The number of para-hydroxylation sites is 1. The Balaban J connectivity index is 2.91. The first kappa shape index (κ1) is 15.2. The molecule has 0 spiro atoms. The van der Waals surface area contributed by atoms with E-state index in [1.54, 1.807) is 25.2 Å². The number of benzene rings is 1. The third-order valence-electron chi connectivity index (χ3n) is 2.95. The van der Waals surface area contributed by atoms with E-state index in [0.717, 1.165) is 6.54 Å². The molecule has 5 nitrogen and oxygen atoms in total. The van der Waals surface area contributed by atoms with Crippen molar-refractivity contribution in [3.63, 3.8) is 0 Å². The summed E-state index contributed by atoms with van der Waals surface area (Å²) in [6.07, 6.45) is 0. The molecule has 0 aromatic heterocycles. The summed E-state index contributed by atoms with van der Waals surface area (Å²) in [5.74, 6) is -1.34. The van der Waals surface area contributed by atoms with E-state index in [2.05, 4.69) is 5.32 Å². The fourth-order valence-electron chi connectivity index (χ4n) is 1.84. The molecule has 2 N–H and O–H groups in total. The molecule has 0 heterocycles. The van der Waals surface area contributed by atoms with Gasteiger partial charge in [0.2, 0.25) is 5.91 Å². The number of hydrogen-bond acceptors (Lipinski definition) is 3. The van der Waals surface area contributed by atoms with Crippen molar-refractivity contribution in [2.24, 2.45) is 5.92 Å². The molecule has 1 aromatic carbocycles. The van der Waals surface area contributed by atoms with Crippen LogP contribution in [0.25, 0.3) is 0 Å². The van der Waals surface area contributed by atoms with Crippen molar-refractivity contribution in [2.45, 2.75) is 13.8 Å². The topological polar surface area (TPSA) is 69.6 Å². The van der Waals surface area contributed by atoms with Gasteiger partial charge in [0.1, 0.15) is 0 Å². The lowest BCUT2D eigenvalue weighted by Crippen LogP contribution is -2.37. The van der Waals surface area contributed by atoms with Crippen LogP contribution >= 0.6 is 0 Å². The summed E-state index contributed by atoms with van der Waals surface area (Å²) in [5, 5.41) is 12.2. The number of carboxylic acid groups (broad SMARTS) is 1. The minimum Gasteiger partial charge on any atom is -0.478 e. The van der Waals surface area contributed by atoms with E-state index in [1.165, 1.54) is 11.0 Å². The van der Waals surface area contributed by atoms with E-state index in [-0.39, 0.29) is 17.4 Å². The average Bonchev–Trinajstić information content (AvgIpc) is 2.42. The molecule has 0 saturated carbocycles. The van der Waals surface area contributed by atoms with E-state index in [4.69, 9.17) is 5.11 Å². The molecule has 1 atom stereocenters. The fourth-order valence-corrected chi connectivity index (χ4v) is 1.84. The first-order chi connectivity index (χ1) is 8.99. The third-order valence-corrected chi connectivity index (χ3v) is 2.95. The highest BCUT2D eigenvalue weighted by atomic mass is 16.4. The van der Waals surface area contributed by atoms with Gasteiger partial charge in [-0.05, 0) is 18.7 Å². The number of nitrogens with one attached hydrogen (secondary N) is 1. The summed E-state index contributed by atoms with van der Waals surface area (Å²) in [6.45, 7) is 5.17. The summed E-state index contributed by atoms with van der Waals surface area (Å²) >= 11 is 0. The van der Waals surface area contributed by atoms with Crippen LogP contribution in [0.4, 0.5) is 5.69 Å². The van der Waals surface area contributed by atoms with Crippen LogP contribution in [-0.4, -0.2) is 37.1 Å². The summed E-state index contributed by atoms with van der Waals surface area (Å²) in [5.41, 5.74) is 0.553. The second kappa shape index (κ2) is 6.89. The molecule has 0 saturated heterocycles. The van der Waals surface area contributed by atoms with Gasteiger partial charge in [-0.1, -0.05) is 26.0 Å². The molecule has 0 bridgehead atoms. The van der Waals surface area contributed by atoms with Crippen LogP contribution in [0.5, 0.6) is 0 Å². The quantitative estimate of drug-likeness (QED) is 0.818. The largest absolute Gasteiger partial charge is 0.478 e. The van der Waals surface area contributed by atoms with E-state index in [9.17, 15) is 9.59 Å². The van der Waals surface area contributed by atoms with Crippen LogP contribution in [0.3, 0.4) is 0 Å². The normalized spacial score (nSPS) is 11.9. The van der Waals surface area contributed by atoms with Crippen LogP contribution in [0.15, 0.2) is 24.3 Å². The predicted molar refractivity (Wildman–Crippen MR) is 74.5 cm³/mol. The second-order valence-corrected chi connectivity index (χ2v) is 4.43. The SMILES string of the molecule is CCNCC(C)C(=O)N(C)c1ccccc1C(=O)O. The van der Waals surface area contributed by atoms with Crippen molar-refractivity contribution in [1.82, 2.24) is 5.32 Å². The number of carboxylic acids is 1. The molecule has 1 unspecified atom stereocenters. The number of hydrogen-bond donors (Lipinski definition) is 2. The molecule has 1 aromatic rings. The van der Waals surface area contributed by atoms with Gasteiger partial charge in [-0.25, -0.2) is 4.79 Å². The Hall–Kier alpha value is -1.88. The molecular formula is C14H20N2O3. The number of amides is 1. The lowest BCUT2D eigenvalue weighted by atomic mass is 10.1. The lowest BCUT2D eigenvalue weighted by Gasteiger charge is -2.23. The first-order valence-electron chi connectivity index (χ1n) is 6.29. The predicted octanol–water partition coefficient (Wildman–Crippen LogP) is 1.59. The Bertz CT molecular complexity index is 460. The maximum atomic E-state index is 12.2. The Kier molecular flexibility index (Phi) is 5.51. The van der Waals surface area contributed by atoms with Crippen LogP contribution in [0, 0.1) is 5.92 Å². The molecule has 0 radical (unpaired) electrons. The Labute approximate surface area is 113 Å². The number of aromatic carboxylic acids is 1. The summed E-state index contributed by atoms with van der Waals surface area (Å²) in [7, 11) is 1.60. The summed E-state index contributed by atoms with van der Waals surface area (Å²) < 4.78 is 0. The average molecular weight is 264 g/mol. The van der Waals surface area contributed by atoms with Crippen molar-refractivity contribution in [3.05, 3.63) is 29.8 Å². The van der Waals surface area contributed by atoms with Crippen LogP contribution in [-0.2, 0) is 4.79 Å². The molecule has 0 aliphatic heterocycles. The number of carbonyl (C=O) groups is 2. The fraction of sp³-hybridized carbons (Fsp3) is 0.429. The highest BCUT2D eigenvalue weighted by Gasteiger charge is 2.21. The van der Waals surface area contributed by atoms with Crippen molar-refractivity contribution in [1.29, 1.82) is 0 Å². The zero-order valence-corrected chi connectivity index (χ0v) is 11.5. The summed E-state index contributed by atoms with van der Waals surface area (Å²) in [4.78, 5) is 24.8. The Morgan fingerprint density at radius 1 is 1.37 bits per heavy atom. The van der Waals surface area contributed by atoms with Gasteiger partial charge in [0.15, 0.2) is 0 Å². The van der Waals surface area contributed by atoms with Gasteiger partial charge in [-0.3, -0.25) is 4.79 Å². The molecule has 104 valence electrons. The molecule has 1 rings (SSSR count). The minimum atomic E-state index is -1.03. The Morgan fingerprint density at radius 2 is 2.00 bits per heavy atom. The second-order valence-electron chi connectivity index (χ2n) is 4.43. The smallest absolute Gasteiger partial charge is 0.337 e. The maximum Gasteiger partial charge on any atom is 0.337 e. The van der Waals surface area contributed by atoms with Crippen molar-refractivity contribution < 1.29 is 14.7 Å². The van der Waals surface area contributed by atoms with E-state index in [1.807, 2.05) is 13.8 Å². The van der Waals surface area contributed by atoms with Gasteiger partial charge in [0, 0.05) is 19.5 Å². The van der Waals surface area contributed by atoms with Gasteiger partial charge in [-0.2, -0.15) is 0 Å². The number of carbonyl (C=O) groups excluding carboxylic acids is 1. The van der Waals surface area contributed by atoms with Gasteiger partial charge < -0.3 is 15.3 Å². The maximum absolute atomic E-state index is 12.2. The monoisotopic (exact) mass is 264 g/mol. The standard InChI is InChI=1S/C14H20N2O3/c1-4-15-9-10(2)13(17)16(3)12-8-6-5-7-11(12)14(18)19/h5-8,10,15H,4,9H2,1-3H3,(H,18,19). The zero-order chi connectivity index (χ0) is 14.4. The van der Waals surface area contributed by atoms with Gasteiger partial charge >= 0.3 is 5.97 Å². The molecule has 19 heavy (non-hydrogen) atoms. The Morgan fingerprint density at radius 3 is 2.58 bits per heavy atom. The highest BCUT2D eigenvalue weighted by Crippen LogP contribution is 2.20. The minimum absolute atomic E-state index is 0.102. The molecule has 1 amide bonds. The first-order valence-corrected chi connectivity index (χ1v) is 6.29. The molecule has 0 aliphatic carbocycles. The molecule has 0 aliphatic rings. The van der Waals surface area contributed by atoms with Gasteiger partial charge in [0.05, 0.1) is 11.3 Å². The molecule has 5 heteroatoms. The highest BCUT2D eigenvalue weighted by molar-refractivity contribution is 6.02. The van der Waals surface area contributed by atoms with E-state index in [0.29, 0.717) is 12.2 Å².